The molecular formula is C14H20N2O3. The summed E-state index contributed by atoms with van der Waals surface area (Å²) in [7, 11) is 3.37. The third kappa shape index (κ3) is 4.06. The number of nitrogens with one attached hydrogen (secondary N) is 2. The molecule has 0 radical (unpaired) electrons. The predicted octanol–water partition coefficient (Wildman–Crippen LogP) is -1.10. The Labute approximate surface area is 113 Å². The van der Waals surface area contributed by atoms with Crippen LogP contribution in [0.3, 0.4) is 0 Å². The van der Waals surface area contributed by atoms with E-state index in [1.807, 2.05) is 26.0 Å². The van der Waals surface area contributed by atoms with Crippen LogP contribution in [0.5, 0.6) is 0 Å². The quantitative estimate of drug-likeness (QED) is 0.708. The molecule has 1 rings (SSSR count). The molecule has 0 aromatic heterocycles. The summed E-state index contributed by atoms with van der Waals surface area (Å²) >= 11 is 0. The van der Waals surface area contributed by atoms with Crippen molar-refractivity contribution in [3.63, 3.8) is 0 Å². The highest BCUT2D eigenvalue weighted by Crippen LogP contribution is 2.18. The number of likely N-dealkylation sites (N-methyl/N-ethyl adjacent to an activating group) is 1. The van der Waals surface area contributed by atoms with Crippen LogP contribution in [-0.4, -0.2) is 32.0 Å². The number of hydrogen-bond donors (Lipinski definition) is 2. The molecule has 5 heteroatoms. The van der Waals surface area contributed by atoms with Gasteiger partial charge in [-0.05, 0) is 31.0 Å². The Bertz CT molecular complexity index is 484. The SMILES string of the molecule is Cc1cccc(NC(=O)C[C@H](C(=O)[O-])[NH+](C)C)c1C. The van der Waals surface area contributed by atoms with E-state index in [4.69, 9.17) is 0 Å². The van der Waals surface area contributed by atoms with E-state index in [9.17, 15) is 14.7 Å². The van der Waals surface area contributed by atoms with Crippen LogP contribution in [0.25, 0.3) is 0 Å². The first-order valence-corrected chi connectivity index (χ1v) is 6.20. The number of aryl methyl sites for hydroxylation is 1. The molecule has 19 heavy (non-hydrogen) atoms. The maximum atomic E-state index is 11.9. The lowest BCUT2D eigenvalue weighted by atomic mass is 10.1. The Kier molecular flexibility index (Phi) is 5.06. The summed E-state index contributed by atoms with van der Waals surface area (Å²) in [5, 5.41) is 13.7. The van der Waals surface area contributed by atoms with E-state index in [2.05, 4.69) is 5.32 Å². The minimum absolute atomic E-state index is 0.0992. The van der Waals surface area contributed by atoms with Gasteiger partial charge in [-0.25, -0.2) is 0 Å². The number of rotatable bonds is 5. The number of carbonyl (C=O) groups excluding carboxylic acids is 2. The minimum Gasteiger partial charge on any atom is -0.544 e. The average molecular weight is 264 g/mol. The largest absolute Gasteiger partial charge is 0.544 e. The smallest absolute Gasteiger partial charge is 0.230 e. The number of amides is 1. The van der Waals surface area contributed by atoms with Crippen molar-refractivity contribution < 1.29 is 19.6 Å². The molecule has 0 bridgehead atoms. The average Bonchev–Trinajstić information content (AvgIpc) is 2.31. The molecule has 2 N–H and O–H groups in total. The Morgan fingerprint density at radius 3 is 2.47 bits per heavy atom. The maximum absolute atomic E-state index is 11.9. The van der Waals surface area contributed by atoms with Gasteiger partial charge in [0.25, 0.3) is 0 Å². The predicted molar refractivity (Wildman–Crippen MR) is 70.8 cm³/mol. The van der Waals surface area contributed by atoms with E-state index in [0.717, 1.165) is 16.8 Å². The van der Waals surface area contributed by atoms with Crippen LogP contribution >= 0.6 is 0 Å². The van der Waals surface area contributed by atoms with Crippen molar-refractivity contribution in [1.29, 1.82) is 0 Å². The van der Waals surface area contributed by atoms with Crippen molar-refractivity contribution in [3.8, 4) is 0 Å². The van der Waals surface area contributed by atoms with Crippen molar-refractivity contribution in [2.45, 2.75) is 26.3 Å². The van der Waals surface area contributed by atoms with Crippen molar-refractivity contribution >= 4 is 17.6 Å². The van der Waals surface area contributed by atoms with E-state index in [0.29, 0.717) is 4.90 Å². The van der Waals surface area contributed by atoms with Gasteiger partial charge in [0.15, 0.2) is 0 Å². The molecule has 1 aromatic rings. The lowest BCUT2D eigenvalue weighted by molar-refractivity contribution is -0.878. The number of carboxylic acids is 1. The summed E-state index contributed by atoms with van der Waals surface area (Å²) in [6, 6.07) is 4.77. The second-order valence-corrected chi connectivity index (χ2v) is 4.95. The summed E-state index contributed by atoms with van der Waals surface area (Å²) in [6.07, 6.45) is -0.0992. The summed E-state index contributed by atoms with van der Waals surface area (Å²) < 4.78 is 0. The van der Waals surface area contributed by atoms with Crippen LogP contribution in [0.4, 0.5) is 5.69 Å². The van der Waals surface area contributed by atoms with Crippen molar-refractivity contribution in [1.82, 2.24) is 0 Å². The number of carboxylic acid groups (broad SMARTS) is 1. The molecule has 1 aromatic carbocycles. The summed E-state index contributed by atoms with van der Waals surface area (Å²) in [6.45, 7) is 3.87. The van der Waals surface area contributed by atoms with Gasteiger partial charge in [0.2, 0.25) is 5.91 Å². The summed E-state index contributed by atoms with van der Waals surface area (Å²) in [5.41, 5.74) is 2.78. The molecule has 0 heterocycles. The third-order valence-electron chi connectivity index (χ3n) is 3.25. The highest BCUT2D eigenvalue weighted by atomic mass is 16.4. The fourth-order valence-corrected chi connectivity index (χ4v) is 1.80. The molecule has 0 aliphatic carbocycles. The normalized spacial score (nSPS) is 12.3. The van der Waals surface area contributed by atoms with Gasteiger partial charge in [-0.15, -0.1) is 0 Å². The second kappa shape index (κ2) is 6.33. The molecule has 0 aliphatic rings. The molecule has 104 valence electrons. The first-order valence-electron chi connectivity index (χ1n) is 6.20. The summed E-state index contributed by atoms with van der Waals surface area (Å²) in [4.78, 5) is 23.5. The van der Waals surface area contributed by atoms with Crippen LogP contribution in [-0.2, 0) is 9.59 Å². The van der Waals surface area contributed by atoms with Gasteiger partial charge in [0.05, 0.1) is 26.5 Å². The van der Waals surface area contributed by atoms with Gasteiger partial charge in [0, 0.05) is 5.69 Å². The van der Waals surface area contributed by atoms with E-state index in [-0.39, 0.29) is 12.3 Å². The first kappa shape index (κ1) is 15.2. The molecule has 1 amide bonds. The maximum Gasteiger partial charge on any atom is 0.230 e. The van der Waals surface area contributed by atoms with E-state index < -0.39 is 12.0 Å². The molecule has 0 aliphatic heterocycles. The number of aliphatic carboxylic acids is 1. The molecule has 0 spiro atoms. The number of quaternary nitrogens is 1. The number of carbonyl (C=O) groups is 2. The number of anilines is 1. The lowest BCUT2D eigenvalue weighted by Gasteiger charge is -2.21. The Morgan fingerprint density at radius 2 is 1.95 bits per heavy atom. The van der Waals surface area contributed by atoms with Crippen LogP contribution in [0.15, 0.2) is 18.2 Å². The third-order valence-corrected chi connectivity index (χ3v) is 3.25. The first-order chi connectivity index (χ1) is 8.82. The molecule has 0 fully saturated rings. The summed E-state index contributed by atoms with van der Waals surface area (Å²) in [5.74, 6) is -1.53. The van der Waals surface area contributed by atoms with Gasteiger partial charge in [-0.1, -0.05) is 12.1 Å². The van der Waals surface area contributed by atoms with E-state index in [1.54, 1.807) is 20.2 Å². The Morgan fingerprint density at radius 1 is 1.32 bits per heavy atom. The van der Waals surface area contributed by atoms with Crippen LogP contribution in [0.1, 0.15) is 17.5 Å². The number of hydrogen-bond acceptors (Lipinski definition) is 3. The molecular weight excluding hydrogens is 244 g/mol. The minimum atomic E-state index is -1.21. The van der Waals surface area contributed by atoms with E-state index >= 15 is 0 Å². The van der Waals surface area contributed by atoms with Gasteiger partial charge in [-0.2, -0.15) is 0 Å². The van der Waals surface area contributed by atoms with Crippen LogP contribution < -0.4 is 15.3 Å². The zero-order chi connectivity index (χ0) is 14.6. The fourth-order valence-electron chi connectivity index (χ4n) is 1.80. The van der Waals surface area contributed by atoms with Gasteiger partial charge < -0.3 is 20.1 Å². The van der Waals surface area contributed by atoms with Crippen LogP contribution in [0.2, 0.25) is 0 Å². The standard InChI is InChI=1S/C14H20N2O3/c1-9-6-5-7-11(10(9)2)15-13(17)8-12(14(18)19)16(3)4/h5-7,12H,8H2,1-4H3,(H,15,17)(H,18,19)/t12-/m1/s1. The second-order valence-electron chi connectivity index (χ2n) is 4.95. The molecule has 1 atom stereocenters. The van der Waals surface area contributed by atoms with Gasteiger partial charge in [0.1, 0.15) is 6.04 Å². The molecule has 0 unspecified atom stereocenters. The molecule has 5 nitrogen and oxygen atoms in total. The topological polar surface area (TPSA) is 73.7 Å². The zero-order valence-electron chi connectivity index (χ0n) is 11.7. The Balaban J connectivity index is 2.75. The van der Waals surface area contributed by atoms with Crippen LogP contribution in [0, 0.1) is 13.8 Å². The van der Waals surface area contributed by atoms with E-state index in [1.165, 1.54) is 0 Å². The van der Waals surface area contributed by atoms with Gasteiger partial charge in [-0.3, -0.25) is 4.79 Å². The van der Waals surface area contributed by atoms with Crippen molar-refractivity contribution in [3.05, 3.63) is 29.3 Å². The highest BCUT2D eigenvalue weighted by Gasteiger charge is 2.21. The highest BCUT2D eigenvalue weighted by molar-refractivity contribution is 5.94. The Hall–Kier alpha value is -1.88. The van der Waals surface area contributed by atoms with Gasteiger partial charge >= 0.3 is 0 Å². The zero-order valence-corrected chi connectivity index (χ0v) is 11.7. The number of benzene rings is 1. The lowest BCUT2D eigenvalue weighted by Crippen LogP contribution is -3.12. The molecule has 0 saturated carbocycles. The van der Waals surface area contributed by atoms with Crippen molar-refractivity contribution in [2.24, 2.45) is 0 Å². The fraction of sp³-hybridized carbons (Fsp3) is 0.429. The van der Waals surface area contributed by atoms with Crippen molar-refractivity contribution in [2.75, 3.05) is 19.4 Å². The molecule has 0 saturated heterocycles. The monoisotopic (exact) mass is 264 g/mol.